The summed E-state index contributed by atoms with van der Waals surface area (Å²) >= 11 is 0. The molecule has 0 amide bonds. The van der Waals surface area contributed by atoms with Crippen molar-refractivity contribution >= 4 is 0 Å². The average Bonchev–Trinajstić information content (AvgIpc) is 2.46. The second kappa shape index (κ2) is 5.01. The normalized spacial score (nSPS) is 40.3. The highest BCUT2D eigenvalue weighted by Gasteiger charge is 2.53. The van der Waals surface area contributed by atoms with E-state index in [9.17, 15) is 5.11 Å². The van der Waals surface area contributed by atoms with Crippen molar-refractivity contribution in [3.05, 3.63) is 47.5 Å². The molecule has 1 saturated heterocycles. The summed E-state index contributed by atoms with van der Waals surface area (Å²) in [4.78, 5) is 0. The fourth-order valence-corrected chi connectivity index (χ4v) is 4.23. The van der Waals surface area contributed by atoms with Crippen LogP contribution in [-0.4, -0.2) is 18.3 Å². The Labute approximate surface area is 121 Å². The number of benzene rings is 1. The first-order valence-electron chi connectivity index (χ1n) is 7.56. The molecule has 1 heterocycles. The van der Waals surface area contributed by atoms with Crippen molar-refractivity contribution in [2.75, 3.05) is 13.2 Å². The molecule has 1 aromatic carbocycles. The Bertz CT molecular complexity index is 507. The van der Waals surface area contributed by atoms with Gasteiger partial charge in [0.05, 0.1) is 19.3 Å². The van der Waals surface area contributed by atoms with Crippen molar-refractivity contribution in [1.29, 1.82) is 0 Å². The Morgan fingerprint density at radius 3 is 2.60 bits per heavy atom. The van der Waals surface area contributed by atoms with Crippen molar-refractivity contribution in [3.63, 3.8) is 0 Å². The van der Waals surface area contributed by atoms with Crippen molar-refractivity contribution in [2.45, 2.75) is 26.9 Å². The van der Waals surface area contributed by atoms with Gasteiger partial charge in [0.15, 0.2) is 0 Å². The predicted molar refractivity (Wildman–Crippen MR) is 80.2 cm³/mol. The minimum absolute atomic E-state index is 0.116. The lowest BCUT2D eigenvalue weighted by molar-refractivity contribution is -0.165. The number of rotatable bonds is 2. The van der Waals surface area contributed by atoms with Gasteiger partial charge in [-0.05, 0) is 24.3 Å². The SMILES string of the molecule is CC1=C[C@H](C)[C@@]2(CO)CO[C@H](c3ccccc3)[C@H]1[C@H]2C. The van der Waals surface area contributed by atoms with E-state index < -0.39 is 0 Å². The van der Waals surface area contributed by atoms with Crippen LogP contribution in [0, 0.1) is 23.2 Å². The third-order valence-corrected chi connectivity index (χ3v) is 5.67. The molecule has 5 atom stereocenters. The maximum atomic E-state index is 9.97. The third-order valence-electron chi connectivity index (χ3n) is 5.67. The van der Waals surface area contributed by atoms with Crippen LogP contribution >= 0.6 is 0 Å². The summed E-state index contributed by atoms with van der Waals surface area (Å²) < 4.78 is 6.24. The van der Waals surface area contributed by atoms with Gasteiger partial charge >= 0.3 is 0 Å². The molecule has 0 radical (unpaired) electrons. The van der Waals surface area contributed by atoms with Gasteiger partial charge in [0.25, 0.3) is 0 Å². The van der Waals surface area contributed by atoms with Crippen LogP contribution in [0.3, 0.4) is 0 Å². The zero-order valence-electron chi connectivity index (χ0n) is 12.5. The Balaban J connectivity index is 2.02. The van der Waals surface area contributed by atoms with Gasteiger partial charge in [0, 0.05) is 11.3 Å². The highest BCUT2D eigenvalue weighted by atomic mass is 16.5. The van der Waals surface area contributed by atoms with Crippen LogP contribution in [-0.2, 0) is 4.74 Å². The quantitative estimate of drug-likeness (QED) is 0.834. The van der Waals surface area contributed by atoms with Crippen LogP contribution in [0.2, 0.25) is 0 Å². The van der Waals surface area contributed by atoms with Gasteiger partial charge < -0.3 is 9.84 Å². The van der Waals surface area contributed by atoms with E-state index in [0.29, 0.717) is 24.4 Å². The third kappa shape index (κ3) is 1.86. The first-order valence-corrected chi connectivity index (χ1v) is 7.56. The molecule has 1 aromatic rings. The van der Waals surface area contributed by atoms with E-state index in [0.717, 1.165) is 0 Å². The second-order valence-corrected chi connectivity index (χ2v) is 6.55. The first kappa shape index (κ1) is 13.8. The molecule has 1 aliphatic carbocycles. The molecule has 2 heteroatoms. The van der Waals surface area contributed by atoms with E-state index in [1.165, 1.54) is 11.1 Å². The van der Waals surface area contributed by atoms with Crippen LogP contribution in [0.1, 0.15) is 32.4 Å². The summed E-state index contributed by atoms with van der Waals surface area (Å²) in [5.74, 6) is 1.18. The van der Waals surface area contributed by atoms with Crippen LogP contribution in [0.15, 0.2) is 42.0 Å². The topological polar surface area (TPSA) is 29.5 Å². The molecule has 0 saturated carbocycles. The fraction of sp³-hybridized carbons (Fsp3) is 0.556. The maximum Gasteiger partial charge on any atom is 0.0893 e. The Kier molecular flexibility index (Phi) is 3.47. The summed E-state index contributed by atoms with van der Waals surface area (Å²) in [5, 5.41) is 9.97. The number of hydrogen-bond acceptors (Lipinski definition) is 2. The lowest BCUT2D eigenvalue weighted by atomic mass is 9.56. The van der Waals surface area contributed by atoms with Crippen molar-refractivity contribution in [1.82, 2.24) is 0 Å². The van der Waals surface area contributed by atoms with Gasteiger partial charge in [-0.15, -0.1) is 0 Å². The molecule has 108 valence electrons. The summed E-state index contributed by atoms with van der Waals surface area (Å²) in [5.41, 5.74) is 2.54. The molecule has 3 rings (SSSR count). The number of ether oxygens (including phenoxy) is 1. The smallest absolute Gasteiger partial charge is 0.0893 e. The predicted octanol–water partition coefficient (Wildman–Crippen LogP) is 3.58. The number of aliphatic hydroxyl groups is 1. The summed E-state index contributed by atoms with van der Waals surface area (Å²) in [6.07, 6.45) is 2.47. The minimum atomic E-state index is -0.116. The molecule has 2 nitrogen and oxygen atoms in total. The van der Waals surface area contributed by atoms with Crippen LogP contribution in [0.25, 0.3) is 0 Å². The van der Waals surface area contributed by atoms with Gasteiger partial charge in [0.2, 0.25) is 0 Å². The lowest BCUT2D eigenvalue weighted by Gasteiger charge is -2.55. The molecule has 0 spiro atoms. The molecule has 0 aromatic heterocycles. The van der Waals surface area contributed by atoms with E-state index >= 15 is 0 Å². The second-order valence-electron chi connectivity index (χ2n) is 6.55. The van der Waals surface area contributed by atoms with Crippen LogP contribution in [0.4, 0.5) is 0 Å². The van der Waals surface area contributed by atoms with E-state index in [4.69, 9.17) is 4.74 Å². The van der Waals surface area contributed by atoms with Crippen molar-refractivity contribution in [2.24, 2.45) is 23.2 Å². The molecular formula is C18H24O2. The van der Waals surface area contributed by atoms with Crippen molar-refractivity contribution < 1.29 is 9.84 Å². The molecule has 0 unspecified atom stereocenters. The molecule has 2 bridgehead atoms. The standard InChI is InChI=1S/C18H24O2/c1-12-9-13(2)18(10-19)11-20-17(16(12)14(18)3)15-7-5-4-6-8-15/h4-9,13-14,16-17,19H,10-11H2,1-3H3/t13-,14+,16+,17+,18+/m0/s1. The lowest BCUT2D eigenvalue weighted by Crippen LogP contribution is -2.53. The first-order chi connectivity index (χ1) is 9.60. The summed E-state index contributed by atoms with van der Waals surface area (Å²) in [7, 11) is 0. The van der Waals surface area contributed by atoms with Gasteiger partial charge in [0.1, 0.15) is 0 Å². The molecule has 20 heavy (non-hydrogen) atoms. The molecular weight excluding hydrogens is 248 g/mol. The highest BCUT2D eigenvalue weighted by molar-refractivity contribution is 5.27. The monoisotopic (exact) mass is 272 g/mol. The van der Waals surface area contributed by atoms with E-state index in [1.54, 1.807) is 0 Å². The van der Waals surface area contributed by atoms with Crippen LogP contribution in [0.5, 0.6) is 0 Å². The molecule has 1 N–H and O–H groups in total. The number of fused-ring (bicyclic) bond motifs is 2. The zero-order chi connectivity index (χ0) is 14.3. The fourth-order valence-electron chi connectivity index (χ4n) is 4.23. The average molecular weight is 272 g/mol. The van der Waals surface area contributed by atoms with Gasteiger partial charge in [-0.2, -0.15) is 0 Å². The summed E-state index contributed by atoms with van der Waals surface area (Å²) in [6.45, 7) is 7.55. The minimum Gasteiger partial charge on any atom is -0.396 e. The Hall–Kier alpha value is -1.12. The van der Waals surface area contributed by atoms with Crippen molar-refractivity contribution in [3.8, 4) is 0 Å². The van der Waals surface area contributed by atoms with E-state index in [2.05, 4.69) is 51.1 Å². The Morgan fingerprint density at radius 2 is 1.95 bits per heavy atom. The summed E-state index contributed by atoms with van der Waals surface area (Å²) in [6, 6.07) is 10.5. The number of aliphatic hydroxyl groups excluding tert-OH is 1. The Morgan fingerprint density at radius 1 is 1.25 bits per heavy atom. The van der Waals surface area contributed by atoms with E-state index in [-0.39, 0.29) is 18.1 Å². The molecule has 2 aliphatic rings. The van der Waals surface area contributed by atoms with Gasteiger partial charge in [-0.1, -0.05) is 55.8 Å². The van der Waals surface area contributed by atoms with Crippen LogP contribution < -0.4 is 0 Å². The zero-order valence-corrected chi connectivity index (χ0v) is 12.5. The molecule has 1 fully saturated rings. The largest absolute Gasteiger partial charge is 0.396 e. The molecule has 1 aliphatic heterocycles. The van der Waals surface area contributed by atoms with E-state index in [1.807, 2.05) is 6.07 Å². The number of hydrogen-bond donors (Lipinski definition) is 1. The number of allylic oxidation sites excluding steroid dienone is 1. The highest BCUT2D eigenvalue weighted by Crippen LogP contribution is 2.55. The maximum absolute atomic E-state index is 9.97. The van der Waals surface area contributed by atoms with Gasteiger partial charge in [-0.25, -0.2) is 0 Å². The van der Waals surface area contributed by atoms with Gasteiger partial charge in [-0.3, -0.25) is 0 Å².